The van der Waals surface area contributed by atoms with Crippen LogP contribution in [0.1, 0.15) is 23.5 Å². The van der Waals surface area contributed by atoms with Gasteiger partial charge in [-0.25, -0.2) is 18.3 Å². The lowest BCUT2D eigenvalue weighted by atomic mass is 10.1. The van der Waals surface area contributed by atoms with Gasteiger partial charge in [-0.15, -0.1) is 0 Å². The van der Waals surface area contributed by atoms with Crippen LogP contribution in [0.25, 0.3) is 10.8 Å². The third-order valence-corrected chi connectivity index (χ3v) is 3.97. The van der Waals surface area contributed by atoms with Crippen LogP contribution in [0.2, 0.25) is 0 Å². The summed E-state index contributed by atoms with van der Waals surface area (Å²) in [5.74, 6) is -3.98. The highest BCUT2D eigenvalue weighted by Gasteiger charge is 2.23. The van der Waals surface area contributed by atoms with E-state index in [0.717, 1.165) is 16.8 Å². The number of carboxylic acids is 1. The number of nitrogens with one attached hydrogen (secondary N) is 1. The van der Waals surface area contributed by atoms with Gasteiger partial charge >= 0.3 is 5.97 Å². The first-order valence-corrected chi connectivity index (χ1v) is 7.80. The maximum Gasteiger partial charge on any atom is 0.357 e. The van der Waals surface area contributed by atoms with E-state index in [2.05, 4.69) is 10.4 Å². The Balaban J connectivity index is 2.03. The van der Waals surface area contributed by atoms with Crippen molar-refractivity contribution in [2.24, 2.45) is 0 Å². The highest BCUT2D eigenvalue weighted by Crippen LogP contribution is 2.18. The van der Waals surface area contributed by atoms with Crippen molar-refractivity contribution < 1.29 is 23.5 Å². The molecule has 0 unspecified atom stereocenters. The van der Waals surface area contributed by atoms with Gasteiger partial charge in [0.05, 0.1) is 11.1 Å². The molecule has 0 aliphatic heterocycles. The molecule has 1 heterocycles. The first-order valence-electron chi connectivity index (χ1n) is 7.80. The second-order valence-electron chi connectivity index (χ2n) is 5.74. The summed E-state index contributed by atoms with van der Waals surface area (Å²) in [5, 5.41) is 15.6. The monoisotopic (exact) mass is 373 g/mol. The molecule has 0 spiro atoms. The lowest BCUT2D eigenvalue weighted by Crippen LogP contribution is -2.35. The number of aromatic nitrogens is 2. The summed E-state index contributed by atoms with van der Waals surface area (Å²) in [6, 6.07) is 7.34. The molecule has 0 aliphatic carbocycles. The molecular formula is C18H13F2N3O4. The number of carboxylic acid groups (broad SMARTS) is 1. The maximum atomic E-state index is 13.7. The number of anilines is 1. The average Bonchev–Trinajstić information content (AvgIpc) is 2.63. The summed E-state index contributed by atoms with van der Waals surface area (Å²) in [6.07, 6.45) is 0. The van der Waals surface area contributed by atoms with Gasteiger partial charge in [0.1, 0.15) is 17.7 Å². The second kappa shape index (κ2) is 6.94. The number of fused-ring (bicyclic) bond motifs is 1. The predicted molar refractivity (Wildman–Crippen MR) is 92.7 cm³/mol. The Hall–Kier alpha value is -3.62. The van der Waals surface area contributed by atoms with Gasteiger partial charge in [-0.1, -0.05) is 18.2 Å². The van der Waals surface area contributed by atoms with E-state index in [-0.39, 0.29) is 16.5 Å². The molecule has 7 nitrogen and oxygen atoms in total. The van der Waals surface area contributed by atoms with Gasteiger partial charge in [-0.2, -0.15) is 5.10 Å². The molecule has 2 N–H and O–H groups in total. The van der Waals surface area contributed by atoms with Crippen molar-refractivity contribution in [3.05, 3.63) is 70.1 Å². The van der Waals surface area contributed by atoms with E-state index in [9.17, 15) is 28.3 Å². The summed E-state index contributed by atoms with van der Waals surface area (Å²) < 4.78 is 27.4. The Morgan fingerprint density at radius 2 is 1.81 bits per heavy atom. The number of carbonyl (C=O) groups is 2. The van der Waals surface area contributed by atoms with Gasteiger partial charge in [0.25, 0.3) is 5.56 Å². The maximum absolute atomic E-state index is 13.7. The fourth-order valence-corrected chi connectivity index (χ4v) is 2.57. The van der Waals surface area contributed by atoms with Crippen molar-refractivity contribution in [1.29, 1.82) is 0 Å². The zero-order valence-corrected chi connectivity index (χ0v) is 13.9. The molecule has 9 heteroatoms. The number of halogens is 2. The third kappa shape index (κ3) is 3.39. The quantitative estimate of drug-likeness (QED) is 0.732. The van der Waals surface area contributed by atoms with Gasteiger partial charge in [0, 0.05) is 11.5 Å². The molecule has 0 aliphatic rings. The van der Waals surface area contributed by atoms with Gasteiger partial charge in [-0.05, 0) is 25.1 Å². The van der Waals surface area contributed by atoms with E-state index in [0.29, 0.717) is 6.07 Å². The number of amides is 1. The Kier molecular flexibility index (Phi) is 4.68. The molecule has 3 aromatic rings. The predicted octanol–water partition coefficient (Wildman–Crippen LogP) is 2.57. The van der Waals surface area contributed by atoms with Gasteiger partial charge in [0.15, 0.2) is 5.69 Å². The molecule has 0 saturated heterocycles. The molecule has 1 aromatic heterocycles. The Bertz CT molecular complexity index is 1130. The van der Waals surface area contributed by atoms with Crippen LogP contribution in [-0.2, 0) is 4.79 Å². The number of aromatic carboxylic acids is 1. The zero-order chi connectivity index (χ0) is 19.7. The third-order valence-electron chi connectivity index (χ3n) is 3.97. The molecule has 0 radical (unpaired) electrons. The normalized spacial score (nSPS) is 12.0. The number of hydrogen-bond donors (Lipinski definition) is 2. The van der Waals surface area contributed by atoms with Crippen LogP contribution in [0.4, 0.5) is 14.5 Å². The fraction of sp³-hybridized carbons (Fsp3) is 0.111. The van der Waals surface area contributed by atoms with Crippen LogP contribution in [-0.4, -0.2) is 26.8 Å². The minimum atomic E-state index is -1.36. The van der Waals surface area contributed by atoms with Crippen molar-refractivity contribution in [2.45, 2.75) is 13.0 Å². The molecule has 1 amide bonds. The summed E-state index contributed by atoms with van der Waals surface area (Å²) in [6.45, 7) is 1.31. The van der Waals surface area contributed by atoms with Crippen molar-refractivity contribution >= 4 is 28.3 Å². The highest BCUT2D eigenvalue weighted by molar-refractivity contribution is 6.01. The Morgan fingerprint density at radius 3 is 2.44 bits per heavy atom. The van der Waals surface area contributed by atoms with E-state index in [1.807, 2.05) is 0 Å². The van der Waals surface area contributed by atoms with Gasteiger partial charge in [0.2, 0.25) is 5.91 Å². The molecule has 27 heavy (non-hydrogen) atoms. The number of carbonyl (C=O) groups excluding carboxylic acids is 1. The molecule has 2 aromatic carbocycles. The summed E-state index contributed by atoms with van der Waals surface area (Å²) in [5.41, 5.74) is -1.34. The van der Waals surface area contributed by atoms with Crippen molar-refractivity contribution in [2.75, 3.05) is 5.32 Å². The number of benzene rings is 2. The highest BCUT2D eigenvalue weighted by atomic mass is 19.1. The SMILES string of the molecule is C[C@@H](C(=O)Nc1ccc(F)cc1F)n1nc(C(=O)O)c2ccccc2c1=O. The Morgan fingerprint density at radius 1 is 1.15 bits per heavy atom. The van der Waals surface area contributed by atoms with Crippen LogP contribution in [0.5, 0.6) is 0 Å². The molecular weight excluding hydrogens is 360 g/mol. The number of nitrogens with zero attached hydrogens (tertiary/aromatic N) is 2. The zero-order valence-electron chi connectivity index (χ0n) is 13.9. The van der Waals surface area contributed by atoms with E-state index in [4.69, 9.17) is 0 Å². The average molecular weight is 373 g/mol. The van der Waals surface area contributed by atoms with Gasteiger partial charge in [-0.3, -0.25) is 9.59 Å². The van der Waals surface area contributed by atoms with Crippen LogP contribution >= 0.6 is 0 Å². The Labute approximate surface area is 150 Å². The molecule has 0 fully saturated rings. The first kappa shape index (κ1) is 18.2. The van der Waals surface area contributed by atoms with Crippen molar-refractivity contribution in [3.8, 4) is 0 Å². The minimum Gasteiger partial charge on any atom is -0.476 e. The van der Waals surface area contributed by atoms with Crippen LogP contribution in [0, 0.1) is 11.6 Å². The summed E-state index contributed by atoms with van der Waals surface area (Å²) in [7, 11) is 0. The first-order chi connectivity index (χ1) is 12.8. The van der Waals surface area contributed by atoms with E-state index >= 15 is 0 Å². The molecule has 1 atom stereocenters. The van der Waals surface area contributed by atoms with Crippen molar-refractivity contribution in [1.82, 2.24) is 9.78 Å². The standard InChI is InChI=1S/C18H13F2N3O4/c1-9(16(24)21-14-7-6-10(19)8-13(14)20)23-17(25)12-5-3-2-4-11(12)15(22-23)18(26)27/h2-9H,1H3,(H,21,24)(H,26,27)/t9-/m0/s1. The molecule has 138 valence electrons. The van der Waals surface area contributed by atoms with Crippen LogP contribution < -0.4 is 10.9 Å². The fourth-order valence-electron chi connectivity index (χ4n) is 2.57. The van der Waals surface area contributed by atoms with E-state index in [1.54, 1.807) is 12.1 Å². The van der Waals surface area contributed by atoms with E-state index < -0.39 is 40.8 Å². The lowest BCUT2D eigenvalue weighted by molar-refractivity contribution is -0.119. The number of hydrogen-bond acceptors (Lipinski definition) is 4. The van der Waals surface area contributed by atoms with Gasteiger partial charge < -0.3 is 10.4 Å². The second-order valence-corrected chi connectivity index (χ2v) is 5.74. The molecule has 0 bridgehead atoms. The number of rotatable bonds is 4. The largest absolute Gasteiger partial charge is 0.476 e. The smallest absolute Gasteiger partial charge is 0.357 e. The summed E-state index contributed by atoms with van der Waals surface area (Å²) in [4.78, 5) is 36.5. The summed E-state index contributed by atoms with van der Waals surface area (Å²) >= 11 is 0. The molecule has 0 saturated carbocycles. The topological polar surface area (TPSA) is 101 Å². The minimum absolute atomic E-state index is 0.0810. The van der Waals surface area contributed by atoms with Crippen LogP contribution in [0.3, 0.4) is 0 Å². The van der Waals surface area contributed by atoms with Crippen molar-refractivity contribution in [3.63, 3.8) is 0 Å². The van der Waals surface area contributed by atoms with E-state index in [1.165, 1.54) is 19.1 Å². The molecule has 3 rings (SSSR count). The lowest BCUT2D eigenvalue weighted by Gasteiger charge is -2.16. The van der Waals surface area contributed by atoms with Crippen LogP contribution in [0.15, 0.2) is 47.3 Å².